The number of thioether (sulfide) groups is 1. The summed E-state index contributed by atoms with van der Waals surface area (Å²) >= 11 is 1.31. The Morgan fingerprint density at radius 1 is 0.941 bits per heavy atom. The fourth-order valence-electron chi connectivity index (χ4n) is 3.40. The first-order chi connectivity index (χ1) is 16.4. The summed E-state index contributed by atoms with van der Waals surface area (Å²) in [5.74, 6) is 0.254. The molecule has 0 unspecified atom stereocenters. The highest BCUT2D eigenvalue weighted by Gasteiger charge is 2.17. The van der Waals surface area contributed by atoms with E-state index in [9.17, 15) is 9.59 Å². The number of hydrogen-bond acceptors (Lipinski definition) is 6. The van der Waals surface area contributed by atoms with Crippen LogP contribution in [0.1, 0.15) is 21.5 Å². The minimum Gasteiger partial charge on any atom is -0.465 e. The Labute approximate surface area is 202 Å². The van der Waals surface area contributed by atoms with Gasteiger partial charge in [0.25, 0.3) is 0 Å². The lowest BCUT2D eigenvalue weighted by atomic mass is 10.1. The van der Waals surface area contributed by atoms with Gasteiger partial charge in [-0.25, -0.2) is 4.79 Å². The van der Waals surface area contributed by atoms with Gasteiger partial charge >= 0.3 is 5.97 Å². The second kappa shape index (κ2) is 10.4. The third-order valence-electron chi connectivity index (χ3n) is 5.12. The van der Waals surface area contributed by atoms with Crippen LogP contribution in [0.4, 0.5) is 5.69 Å². The van der Waals surface area contributed by atoms with Crippen molar-refractivity contribution in [1.29, 1.82) is 0 Å². The van der Waals surface area contributed by atoms with Gasteiger partial charge in [0.1, 0.15) is 0 Å². The summed E-state index contributed by atoms with van der Waals surface area (Å²) in [4.78, 5) is 24.2. The maximum absolute atomic E-state index is 12.6. The number of aromatic nitrogens is 3. The van der Waals surface area contributed by atoms with E-state index in [1.165, 1.54) is 18.9 Å². The number of carbonyl (C=O) groups is 2. The molecule has 0 atom stereocenters. The average Bonchev–Trinajstić information content (AvgIpc) is 3.27. The van der Waals surface area contributed by atoms with E-state index in [2.05, 4.69) is 21.6 Å². The number of methoxy groups -OCH3 is 1. The molecule has 3 aromatic carbocycles. The van der Waals surface area contributed by atoms with Crippen LogP contribution in [0, 0.1) is 13.8 Å². The SMILES string of the molecule is COC(=O)c1ccc(NC(=O)CSc2nnc(-c3cccc(C)c3)n2-c2ccc(C)cc2)cc1. The number of nitrogens with zero attached hydrogens (tertiary/aromatic N) is 3. The predicted molar refractivity (Wildman–Crippen MR) is 133 cm³/mol. The number of carbonyl (C=O) groups excluding carboxylic acids is 2. The smallest absolute Gasteiger partial charge is 0.337 e. The summed E-state index contributed by atoms with van der Waals surface area (Å²) in [5, 5.41) is 12.3. The molecule has 4 aromatic rings. The van der Waals surface area contributed by atoms with Crippen molar-refractivity contribution in [3.8, 4) is 17.1 Å². The summed E-state index contributed by atoms with van der Waals surface area (Å²) in [5.41, 5.74) is 5.18. The van der Waals surface area contributed by atoms with Gasteiger partial charge in [0.15, 0.2) is 11.0 Å². The van der Waals surface area contributed by atoms with Crippen molar-refractivity contribution in [2.45, 2.75) is 19.0 Å². The van der Waals surface area contributed by atoms with Crippen LogP contribution in [0.2, 0.25) is 0 Å². The van der Waals surface area contributed by atoms with Crippen LogP contribution in [-0.2, 0) is 9.53 Å². The van der Waals surface area contributed by atoms with Gasteiger partial charge in [-0.3, -0.25) is 9.36 Å². The van der Waals surface area contributed by atoms with Crippen molar-refractivity contribution in [2.75, 3.05) is 18.2 Å². The number of hydrogen-bond donors (Lipinski definition) is 1. The lowest BCUT2D eigenvalue weighted by molar-refractivity contribution is -0.113. The van der Waals surface area contributed by atoms with Gasteiger partial charge in [-0.1, -0.05) is 53.2 Å². The lowest BCUT2D eigenvalue weighted by Gasteiger charge is -2.11. The molecular weight excluding hydrogens is 448 g/mol. The summed E-state index contributed by atoms with van der Waals surface area (Å²) < 4.78 is 6.66. The molecule has 4 rings (SSSR count). The molecule has 1 heterocycles. The quantitative estimate of drug-likeness (QED) is 0.299. The number of nitrogens with one attached hydrogen (secondary N) is 1. The van der Waals surface area contributed by atoms with Gasteiger partial charge in [-0.05, 0) is 56.3 Å². The first-order valence-electron chi connectivity index (χ1n) is 10.6. The van der Waals surface area contributed by atoms with E-state index in [0.717, 1.165) is 22.4 Å². The zero-order valence-electron chi connectivity index (χ0n) is 19.1. The molecule has 0 spiro atoms. The number of aryl methyl sites for hydroxylation is 2. The Bertz CT molecular complexity index is 1310. The third kappa shape index (κ3) is 5.35. The Morgan fingerprint density at radius 2 is 1.68 bits per heavy atom. The topological polar surface area (TPSA) is 86.1 Å². The molecule has 0 saturated heterocycles. The van der Waals surface area contributed by atoms with E-state index < -0.39 is 5.97 Å². The average molecular weight is 473 g/mol. The molecule has 0 radical (unpaired) electrons. The highest BCUT2D eigenvalue weighted by atomic mass is 32.2. The predicted octanol–water partition coefficient (Wildman–Crippen LogP) is 5.07. The van der Waals surface area contributed by atoms with Gasteiger partial charge in [-0.2, -0.15) is 0 Å². The summed E-state index contributed by atoms with van der Waals surface area (Å²) in [6, 6.07) is 22.7. The first kappa shape index (κ1) is 23.3. The van der Waals surface area contributed by atoms with Gasteiger partial charge in [0, 0.05) is 16.9 Å². The molecule has 0 bridgehead atoms. The fourth-order valence-corrected chi connectivity index (χ4v) is 4.15. The van der Waals surface area contributed by atoms with Crippen molar-refractivity contribution >= 4 is 29.3 Å². The first-order valence-corrected chi connectivity index (χ1v) is 11.6. The van der Waals surface area contributed by atoms with Gasteiger partial charge in [0.05, 0.1) is 18.4 Å². The van der Waals surface area contributed by atoms with E-state index in [-0.39, 0.29) is 11.7 Å². The van der Waals surface area contributed by atoms with Gasteiger partial charge in [-0.15, -0.1) is 10.2 Å². The molecule has 0 aliphatic heterocycles. The van der Waals surface area contributed by atoms with Crippen molar-refractivity contribution in [1.82, 2.24) is 14.8 Å². The maximum atomic E-state index is 12.6. The van der Waals surface area contributed by atoms with Crippen LogP contribution in [0.25, 0.3) is 17.1 Å². The van der Waals surface area contributed by atoms with E-state index in [4.69, 9.17) is 4.74 Å². The van der Waals surface area contributed by atoms with Gasteiger partial charge in [0.2, 0.25) is 5.91 Å². The third-order valence-corrected chi connectivity index (χ3v) is 6.05. The summed E-state index contributed by atoms with van der Waals surface area (Å²) in [7, 11) is 1.33. The van der Waals surface area contributed by atoms with Crippen LogP contribution < -0.4 is 5.32 Å². The lowest BCUT2D eigenvalue weighted by Crippen LogP contribution is -2.14. The second-order valence-electron chi connectivity index (χ2n) is 7.75. The molecular formula is C26H24N4O3S. The minimum atomic E-state index is -0.423. The zero-order chi connectivity index (χ0) is 24.1. The van der Waals surface area contributed by atoms with E-state index in [0.29, 0.717) is 22.2 Å². The van der Waals surface area contributed by atoms with Crippen LogP contribution in [0.3, 0.4) is 0 Å². The van der Waals surface area contributed by atoms with Crippen LogP contribution >= 0.6 is 11.8 Å². The second-order valence-corrected chi connectivity index (χ2v) is 8.69. The zero-order valence-corrected chi connectivity index (χ0v) is 19.9. The minimum absolute atomic E-state index is 0.149. The molecule has 172 valence electrons. The van der Waals surface area contributed by atoms with Crippen molar-refractivity contribution in [2.24, 2.45) is 0 Å². The van der Waals surface area contributed by atoms with E-state index >= 15 is 0 Å². The Balaban J connectivity index is 1.54. The molecule has 1 N–H and O–H groups in total. The molecule has 1 amide bonds. The Hall–Kier alpha value is -3.91. The molecule has 0 aliphatic rings. The maximum Gasteiger partial charge on any atom is 0.337 e. The highest BCUT2D eigenvalue weighted by Crippen LogP contribution is 2.28. The van der Waals surface area contributed by atoms with Crippen LogP contribution in [0.15, 0.2) is 78.0 Å². The molecule has 0 fully saturated rings. The number of rotatable bonds is 7. The standard InChI is InChI=1S/C26H24N4O3S/c1-17-7-13-22(14-8-17)30-24(20-6-4-5-18(2)15-20)28-29-26(30)34-16-23(31)27-21-11-9-19(10-12-21)25(32)33-3/h4-15H,16H2,1-3H3,(H,27,31). The molecule has 7 nitrogen and oxygen atoms in total. The Morgan fingerprint density at radius 3 is 2.35 bits per heavy atom. The number of esters is 1. The van der Waals surface area contributed by atoms with E-state index in [1.54, 1.807) is 24.3 Å². The summed E-state index contributed by atoms with van der Waals surface area (Å²) in [6.45, 7) is 4.07. The highest BCUT2D eigenvalue weighted by molar-refractivity contribution is 7.99. The van der Waals surface area contributed by atoms with Crippen LogP contribution in [0.5, 0.6) is 0 Å². The molecule has 8 heteroatoms. The Kier molecular flexibility index (Phi) is 7.08. The van der Waals surface area contributed by atoms with Crippen molar-refractivity contribution < 1.29 is 14.3 Å². The van der Waals surface area contributed by atoms with Crippen LogP contribution in [-0.4, -0.2) is 39.5 Å². The van der Waals surface area contributed by atoms with Gasteiger partial charge < -0.3 is 10.1 Å². The van der Waals surface area contributed by atoms with Crippen molar-refractivity contribution in [3.63, 3.8) is 0 Å². The van der Waals surface area contributed by atoms with E-state index in [1.807, 2.05) is 60.9 Å². The number of anilines is 1. The molecule has 1 aromatic heterocycles. The normalized spacial score (nSPS) is 10.7. The number of amides is 1. The molecule has 0 saturated carbocycles. The number of benzene rings is 3. The monoisotopic (exact) mass is 472 g/mol. The number of ether oxygens (including phenoxy) is 1. The summed E-state index contributed by atoms with van der Waals surface area (Å²) in [6.07, 6.45) is 0. The fraction of sp³-hybridized carbons (Fsp3) is 0.154. The molecule has 34 heavy (non-hydrogen) atoms. The van der Waals surface area contributed by atoms with Crippen molar-refractivity contribution in [3.05, 3.63) is 89.5 Å². The molecule has 0 aliphatic carbocycles. The largest absolute Gasteiger partial charge is 0.465 e.